The van der Waals surface area contributed by atoms with Crippen molar-refractivity contribution in [3.63, 3.8) is 0 Å². The van der Waals surface area contributed by atoms with Gasteiger partial charge in [0.2, 0.25) is 0 Å². The lowest BCUT2D eigenvalue weighted by Gasteiger charge is -2.38. The second-order valence-electron chi connectivity index (χ2n) is 8.51. The van der Waals surface area contributed by atoms with E-state index in [0.717, 1.165) is 37.2 Å². The zero-order valence-electron chi connectivity index (χ0n) is 19.3. The maximum atomic E-state index is 12.8. The number of ether oxygens (including phenoxy) is 1. The predicted octanol–water partition coefficient (Wildman–Crippen LogP) is 2.02. The fourth-order valence-electron chi connectivity index (χ4n) is 4.13. The summed E-state index contributed by atoms with van der Waals surface area (Å²) in [6.07, 6.45) is 3.79. The van der Waals surface area contributed by atoms with Gasteiger partial charge in [-0.1, -0.05) is 0 Å². The number of amides is 1. The molecular formula is C21H29F3N6O4S. The van der Waals surface area contributed by atoms with Gasteiger partial charge in [-0.15, -0.1) is 0 Å². The van der Waals surface area contributed by atoms with Gasteiger partial charge in [0.15, 0.2) is 5.82 Å². The van der Waals surface area contributed by atoms with Gasteiger partial charge in [-0.3, -0.25) is 9.48 Å². The molecule has 10 nitrogen and oxygen atoms in total. The fourth-order valence-corrected chi connectivity index (χ4v) is 4.90. The Morgan fingerprint density at radius 2 is 1.94 bits per heavy atom. The van der Waals surface area contributed by atoms with E-state index >= 15 is 0 Å². The van der Waals surface area contributed by atoms with Crippen LogP contribution in [0.15, 0.2) is 35.4 Å². The quantitative estimate of drug-likeness (QED) is 0.457. The highest BCUT2D eigenvalue weighted by Gasteiger charge is 2.46. The number of benzene rings is 1. The van der Waals surface area contributed by atoms with E-state index in [0.29, 0.717) is 19.4 Å². The summed E-state index contributed by atoms with van der Waals surface area (Å²) < 4.78 is 68.1. The van der Waals surface area contributed by atoms with Crippen molar-refractivity contribution in [3.05, 3.63) is 36.0 Å². The number of nitrogens with one attached hydrogen (secondary N) is 1. The number of hydrogen-bond donors (Lipinski definition) is 3. The number of carbonyl (C=O) groups is 1. The van der Waals surface area contributed by atoms with E-state index in [1.165, 1.54) is 6.20 Å². The number of halogens is 3. The van der Waals surface area contributed by atoms with E-state index in [-0.39, 0.29) is 35.2 Å². The van der Waals surface area contributed by atoms with Crippen molar-refractivity contribution in [2.75, 3.05) is 32.6 Å². The molecule has 1 fully saturated rings. The SMILES string of the molecule is COCCN(C)[C@H]1CC[C@H](n2cc(C(N)=O)c(Nc3ccc(S(=O)(=O)C(F)(F)F)cc3)n2)[C@@H](N)C1. The van der Waals surface area contributed by atoms with Crippen LogP contribution in [0.4, 0.5) is 24.7 Å². The first-order chi connectivity index (χ1) is 16.3. The Morgan fingerprint density at radius 1 is 1.29 bits per heavy atom. The normalized spacial score (nSPS) is 21.3. The molecule has 2 aromatic rings. The van der Waals surface area contributed by atoms with Crippen LogP contribution in [0.3, 0.4) is 0 Å². The number of sulfone groups is 1. The Bertz CT molecular complexity index is 1140. The van der Waals surface area contributed by atoms with Crippen LogP contribution in [0.2, 0.25) is 0 Å². The highest BCUT2D eigenvalue weighted by molar-refractivity contribution is 7.92. The molecule has 35 heavy (non-hydrogen) atoms. The molecule has 14 heteroatoms. The molecule has 0 unspecified atom stereocenters. The summed E-state index contributed by atoms with van der Waals surface area (Å²) in [5.41, 5.74) is 6.84. The van der Waals surface area contributed by atoms with Crippen molar-refractivity contribution < 1.29 is 31.1 Å². The van der Waals surface area contributed by atoms with Crippen LogP contribution in [0, 0.1) is 0 Å². The molecule has 1 aliphatic rings. The average Bonchev–Trinajstić information content (AvgIpc) is 3.20. The molecule has 1 aromatic carbocycles. The molecule has 0 aliphatic heterocycles. The van der Waals surface area contributed by atoms with Crippen LogP contribution in [-0.2, 0) is 14.6 Å². The summed E-state index contributed by atoms with van der Waals surface area (Å²) in [4.78, 5) is 13.3. The molecule has 5 N–H and O–H groups in total. The van der Waals surface area contributed by atoms with Crippen molar-refractivity contribution in [3.8, 4) is 0 Å². The van der Waals surface area contributed by atoms with Gasteiger partial charge in [0, 0.05) is 37.6 Å². The molecule has 1 aromatic heterocycles. The smallest absolute Gasteiger partial charge is 0.383 e. The van der Waals surface area contributed by atoms with Crippen LogP contribution in [0.1, 0.15) is 35.7 Å². The minimum Gasteiger partial charge on any atom is -0.383 e. The van der Waals surface area contributed by atoms with Gasteiger partial charge in [-0.05, 0) is 50.6 Å². The molecule has 1 saturated carbocycles. The third kappa shape index (κ3) is 5.94. The number of rotatable bonds is 9. The minimum absolute atomic E-state index is 0.0727. The van der Waals surface area contributed by atoms with Crippen LogP contribution in [-0.4, -0.2) is 73.9 Å². The second-order valence-corrected chi connectivity index (χ2v) is 10.4. The van der Waals surface area contributed by atoms with Gasteiger partial charge in [0.05, 0.1) is 17.5 Å². The van der Waals surface area contributed by atoms with Crippen LogP contribution < -0.4 is 16.8 Å². The predicted molar refractivity (Wildman–Crippen MR) is 123 cm³/mol. The molecule has 1 heterocycles. The maximum absolute atomic E-state index is 12.8. The largest absolute Gasteiger partial charge is 0.501 e. The van der Waals surface area contributed by atoms with Crippen LogP contribution in [0.5, 0.6) is 0 Å². The van der Waals surface area contributed by atoms with Crippen molar-refractivity contribution in [1.82, 2.24) is 14.7 Å². The second kappa shape index (κ2) is 10.5. The number of primary amides is 1. The first-order valence-corrected chi connectivity index (χ1v) is 12.4. The highest BCUT2D eigenvalue weighted by Crippen LogP contribution is 2.33. The first kappa shape index (κ1) is 26.9. The zero-order chi connectivity index (χ0) is 26.0. The van der Waals surface area contributed by atoms with Gasteiger partial charge in [0.25, 0.3) is 15.7 Å². The number of carbonyl (C=O) groups excluding carboxylic acids is 1. The Hall–Kier alpha value is -2.68. The van der Waals surface area contributed by atoms with E-state index in [1.54, 1.807) is 11.8 Å². The topological polar surface area (TPSA) is 146 Å². The Kier molecular flexibility index (Phi) is 8.09. The van der Waals surface area contributed by atoms with Gasteiger partial charge in [0.1, 0.15) is 5.56 Å². The number of nitrogens with two attached hydrogens (primary N) is 2. The lowest BCUT2D eigenvalue weighted by Crippen LogP contribution is -2.46. The van der Waals surface area contributed by atoms with E-state index < -0.39 is 26.1 Å². The average molecular weight is 519 g/mol. The van der Waals surface area contributed by atoms with E-state index in [2.05, 4.69) is 15.3 Å². The number of likely N-dealkylation sites (N-methyl/N-ethyl adjacent to an activating group) is 1. The van der Waals surface area contributed by atoms with Crippen molar-refractivity contribution in [2.24, 2.45) is 11.5 Å². The number of anilines is 2. The summed E-state index contributed by atoms with van der Waals surface area (Å²) in [5, 5.41) is 7.25. The fraction of sp³-hybridized carbons (Fsp3) is 0.524. The van der Waals surface area contributed by atoms with Gasteiger partial charge < -0.3 is 26.4 Å². The molecule has 1 aliphatic carbocycles. The van der Waals surface area contributed by atoms with Crippen molar-refractivity contribution in [1.29, 1.82) is 0 Å². The molecule has 0 radical (unpaired) electrons. The third-order valence-corrected chi connectivity index (χ3v) is 7.68. The maximum Gasteiger partial charge on any atom is 0.501 e. The first-order valence-electron chi connectivity index (χ1n) is 10.9. The lowest BCUT2D eigenvalue weighted by molar-refractivity contribution is -0.0436. The monoisotopic (exact) mass is 518 g/mol. The van der Waals surface area contributed by atoms with Crippen molar-refractivity contribution in [2.45, 2.75) is 47.8 Å². The molecular weight excluding hydrogens is 489 g/mol. The van der Waals surface area contributed by atoms with E-state index in [9.17, 15) is 26.4 Å². The number of hydrogen-bond acceptors (Lipinski definition) is 8. The number of nitrogens with zero attached hydrogens (tertiary/aromatic N) is 3. The molecule has 0 saturated heterocycles. The third-order valence-electron chi connectivity index (χ3n) is 6.17. The van der Waals surface area contributed by atoms with Gasteiger partial charge in [-0.2, -0.15) is 18.3 Å². The Labute approximate surface area is 201 Å². The standard InChI is InChI=1S/C21H29F3N6O4S/c1-29(9-10-34-2)14-5-8-18(17(25)11-14)30-12-16(19(26)31)20(28-30)27-13-3-6-15(7-4-13)35(32,33)21(22,23)24/h3-4,6-7,12,14,17-18H,5,8-11,25H2,1-2H3,(H2,26,31)(H,27,28)/t14-,17-,18-/m0/s1. The van der Waals surface area contributed by atoms with Gasteiger partial charge >= 0.3 is 5.51 Å². The minimum atomic E-state index is -5.47. The summed E-state index contributed by atoms with van der Waals surface area (Å²) in [6, 6.07) is 3.80. The summed E-state index contributed by atoms with van der Waals surface area (Å²) in [5.74, 6) is -0.660. The molecule has 194 valence electrons. The van der Waals surface area contributed by atoms with Crippen LogP contribution in [0.25, 0.3) is 0 Å². The zero-order valence-corrected chi connectivity index (χ0v) is 20.1. The summed E-state index contributed by atoms with van der Waals surface area (Å²) >= 11 is 0. The highest BCUT2D eigenvalue weighted by atomic mass is 32.2. The summed E-state index contributed by atoms with van der Waals surface area (Å²) in [7, 11) is -1.80. The molecule has 3 rings (SSSR count). The number of aromatic nitrogens is 2. The van der Waals surface area contributed by atoms with Crippen molar-refractivity contribution >= 4 is 27.2 Å². The van der Waals surface area contributed by atoms with Gasteiger partial charge in [-0.25, -0.2) is 8.42 Å². The molecule has 0 spiro atoms. The van der Waals surface area contributed by atoms with E-state index in [1.807, 2.05) is 7.05 Å². The molecule has 1 amide bonds. The lowest BCUT2D eigenvalue weighted by atomic mass is 9.86. The van der Waals surface area contributed by atoms with E-state index in [4.69, 9.17) is 16.2 Å². The molecule has 0 bridgehead atoms. The summed E-state index contributed by atoms with van der Waals surface area (Å²) in [6.45, 7) is 1.40. The van der Waals surface area contributed by atoms with Crippen LogP contribution >= 0.6 is 0 Å². The Morgan fingerprint density at radius 3 is 2.49 bits per heavy atom. The molecule has 3 atom stereocenters. The Balaban J connectivity index is 1.77. The number of methoxy groups -OCH3 is 1. The number of alkyl halides is 3.